The molecule has 1 N–H and O–H groups in total. The third kappa shape index (κ3) is 2.26. The lowest BCUT2D eigenvalue weighted by molar-refractivity contribution is 0.134. The maximum absolute atomic E-state index is 5.36. The number of rotatable bonds is 2. The van der Waals surface area contributed by atoms with Crippen LogP contribution in [0.4, 0.5) is 0 Å². The van der Waals surface area contributed by atoms with Crippen LogP contribution in [0.3, 0.4) is 0 Å². The molecule has 0 aromatic heterocycles. The quantitative estimate of drug-likeness (QED) is 0.882. The lowest BCUT2D eigenvalue weighted by atomic mass is 9.76. The van der Waals surface area contributed by atoms with Crippen LogP contribution in [0.2, 0.25) is 0 Å². The topological polar surface area (TPSA) is 24.5 Å². The molecule has 1 spiro atoms. The Labute approximate surface area is 115 Å². The largest absolute Gasteiger partial charge is 0.497 e. The van der Waals surface area contributed by atoms with Gasteiger partial charge in [0.25, 0.3) is 0 Å². The van der Waals surface area contributed by atoms with Gasteiger partial charge < -0.3 is 15.0 Å². The molecule has 19 heavy (non-hydrogen) atoms. The maximum Gasteiger partial charge on any atom is 0.119 e. The molecule has 1 aromatic carbocycles. The van der Waals surface area contributed by atoms with Gasteiger partial charge in [-0.05, 0) is 49.1 Å². The van der Waals surface area contributed by atoms with Crippen LogP contribution in [-0.4, -0.2) is 38.2 Å². The fourth-order valence-electron chi connectivity index (χ4n) is 3.60. The normalized spacial score (nSPS) is 22.2. The summed E-state index contributed by atoms with van der Waals surface area (Å²) in [7, 11) is 1.75. The van der Waals surface area contributed by atoms with E-state index >= 15 is 0 Å². The number of hydrogen-bond donors (Lipinski definition) is 1. The number of methoxy groups -OCH3 is 1. The van der Waals surface area contributed by atoms with Crippen molar-refractivity contribution >= 4 is 0 Å². The van der Waals surface area contributed by atoms with Crippen molar-refractivity contribution in [3.05, 3.63) is 29.3 Å². The van der Waals surface area contributed by atoms with E-state index in [0.717, 1.165) is 18.7 Å². The summed E-state index contributed by atoms with van der Waals surface area (Å²) in [4.78, 5) is 2.55. The van der Waals surface area contributed by atoms with Crippen molar-refractivity contribution in [3.8, 4) is 5.75 Å². The summed E-state index contributed by atoms with van der Waals surface area (Å²) >= 11 is 0. The van der Waals surface area contributed by atoms with Gasteiger partial charge >= 0.3 is 0 Å². The predicted molar refractivity (Wildman–Crippen MR) is 77.7 cm³/mol. The molecule has 0 bridgehead atoms. The first kappa shape index (κ1) is 12.9. The van der Waals surface area contributed by atoms with E-state index in [1.807, 2.05) is 0 Å². The molecule has 3 rings (SSSR count). The van der Waals surface area contributed by atoms with Crippen LogP contribution in [0.25, 0.3) is 0 Å². The summed E-state index contributed by atoms with van der Waals surface area (Å²) in [6.45, 7) is 6.92. The van der Waals surface area contributed by atoms with Gasteiger partial charge in [-0.25, -0.2) is 0 Å². The predicted octanol–water partition coefficient (Wildman–Crippen LogP) is 2.15. The molecule has 0 atom stereocenters. The Morgan fingerprint density at radius 2 is 2.11 bits per heavy atom. The summed E-state index contributed by atoms with van der Waals surface area (Å²) < 4.78 is 5.36. The van der Waals surface area contributed by atoms with Gasteiger partial charge in [-0.15, -0.1) is 0 Å². The van der Waals surface area contributed by atoms with Gasteiger partial charge in [-0.2, -0.15) is 0 Å². The third-order valence-corrected chi connectivity index (χ3v) is 4.84. The summed E-state index contributed by atoms with van der Waals surface area (Å²) in [5, 5.41) is 3.81. The van der Waals surface area contributed by atoms with E-state index in [9.17, 15) is 0 Å². The molecule has 1 saturated heterocycles. The van der Waals surface area contributed by atoms with Crippen LogP contribution >= 0.6 is 0 Å². The first-order valence-corrected chi connectivity index (χ1v) is 7.42. The second-order valence-corrected chi connectivity index (χ2v) is 5.72. The zero-order chi connectivity index (χ0) is 13.3. The zero-order valence-corrected chi connectivity index (χ0v) is 12.0. The Hall–Kier alpha value is -1.06. The first-order valence-electron chi connectivity index (χ1n) is 7.42. The highest BCUT2D eigenvalue weighted by molar-refractivity contribution is 5.42. The molecule has 3 nitrogen and oxygen atoms in total. The van der Waals surface area contributed by atoms with Crippen molar-refractivity contribution in [1.82, 2.24) is 10.2 Å². The molecule has 3 heteroatoms. The van der Waals surface area contributed by atoms with Crippen LogP contribution in [0, 0.1) is 0 Å². The van der Waals surface area contributed by atoms with Crippen LogP contribution in [0.15, 0.2) is 18.2 Å². The van der Waals surface area contributed by atoms with E-state index < -0.39 is 0 Å². The first-order chi connectivity index (χ1) is 9.27. The fraction of sp³-hybridized carbons (Fsp3) is 0.625. The Bertz CT molecular complexity index is 450. The van der Waals surface area contributed by atoms with Crippen LogP contribution in [0.5, 0.6) is 5.75 Å². The molecule has 1 aromatic rings. The number of likely N-dealkylation sites (tertiary alicyclic amines) is 1. The molecule has 2 heterocycles. The van der Waals surface area contributed by atoms with Crippen LogP contribution in [0.1, 0.15) is 30.9 Å². The number of benzene rings is 1. The molecule has 0 aliphatic carbocycles. The number of ether oxygens (including phenoxy) is 1. The molecule has 0 saturated carbocycles. The Morgan fingerprint density at radius 1 is 1.32 bits per heavy atom. The molecular weight excluding hydrogens is 236 g/mol. The van der Waals surface area contributed by atoms with Crippen molar-refractivity contribution in [1.29, 1.82) is 0 Å². The van der Waals surface area contributed by atoms with Gasteiger partial charge in [0.2, 0.25) is 0 Å². The summed E-state index contributed by atoms with van der Waals surface area (Å²) in [5.41, 5.74) is 3.20. The lowest BCUT2D eigenvalue weighted by Gasteiger charge is -2.46. The fourth-order valence-corrected chi connectivity index (χ4v) is 3.60. The van der Waals surface area contributed by atoms with Gasteiger partial charge in [0, 0.05) is 25.2 Å². The number of nitrogens with zero attached hydrogens (tertiary/aromatic N) is 1. The van der Waals surface area contributed by atoms with Crippen molar-refractivity contribution in [2.24, 2.45) is 0 Å². The Balaban J connectivity index is 1.90. The lowest BCUT2D eigenvalue weighted by Crippen LogP contribution is -2.54. The van der Waals surface area contributed by atoms with Gasteiger partial charge in [0.1, 0.15) is 5.75 Å². The number of hydrogen-bond acceptors (Lipinski definition) is 3. The second-order valence-electron chi connectivity index (χ2n) is 5.72. The van der Waals surface area contributed by atoms with Crippen molar-refractivity contribution in [3.63, 3.8) is 0 Å². The zero-order valence-electron chi connectivity index (χ0n) is 12.0. The number of piperidine rings is 1. The summed E-state index contributed by atoms with van der Waals surface area (Å²) in [5.74, 6) is 0.988. The van der Waals surface area contributed by atoms with Crippen LogP contribution < -0.4 is 10.1 Å². The average molecular weight is 260 g/mol. The summed E-state index contributed by atoms with van der Waals surface area (Å²) in [6.07, 6.45) is 3.56. The SMILES string of the molecule is CCN1CCC2(CC1)NCCc1cc(OC)ccc12. The third-order valence-electron chi connectivity index (χ3n) is 4.84. The van der Waals surface area contributed by atoms with Crippen molar-refractivity contribution in [2.75, 3.05) is 33.3 Å². The second kappa shape index (κ2) is 5.14. The van der Waals surface area contributed by atoms with Gasteiger partial charge in [-0.1, -0.05) is 13.0 Å². The highest BCUT2D eigenvalue weighted by Gasteiger charge is 2.38. The van der Waals surface area contributed by atoms with E-state index in [4.69, 9.17) is 4.74 Å². The van der Waals surface area contributed by atoms with Crippen LogP contribution in [-0.2, 0) is 12.0 Å². The van der Waals surface area contributed by atoms with Gasteiger partial charge in [-0.3, -0.25) is 0 Å². The Morgan fingerprint density at radius 3 is 2.79 bits per heavy atom. The molecule has 0 unspecified atom stereocenters. The van der Waals surface area contributed by atoms with E-state index in [1.54, 1.807) is 7.11 Å². The highest BCUT2D eigenvalue weighted by atomic mass is 16.5. The van der Waals surface area contributed by atoms with Gasteiger partial charge in [0.05, 0.1) is 7.11 Å². The maximum atomic E-state index is 5.36. The van der Waals surface area contributed by atoms with Crippen molar-refractivity contribution in [2.45, 2.75) is 31.7 Å². The molecule has 1 fully saturated rings. The molecule has 2 aliphatic rings. The van der Waals surface area contributed by atoms with Gasteiger partial charge in [0.15, 0.2) is 0 Å². The average Bonchev–Trinajstić information content (AvgIpc) is 2.48. The molecule has 2 aliphatic heterocycles. The van der Waals surface area contributed by atoms with E-state index in [1.165, 1.54) is 43.6 Å². The summed E-state index contributed by atoms with van der Waals surface area (Å²) in [6, 6.07) is 6.62. The highest BCUT2D eigenvalue weighted by Crippen LogP contribution is 2.38. The molecule has 0 radical (unpaired) electrons. The minimum atomic E-state index is 0.214. The number of fused-ring (bicyclic) bond motifs is 2. The molecular formula is C16H24N2O. The smallest absolute Gasteiger partial charge is 0.119 e. The standard InChI is InChI=1S/C16H24N2O/c1-3-18-10-7-16(8-11-18)15-5-4-14(19-2)12-13(15)6-9-17-16/h4-5,12,17H,3,6-11H2,1-2H3. The Kier molecular flexibility index (Phi) is 3.50. The van der Waals surface area contributed by atoms with E-state index in [0.29, 0.717) is 0 Å². The molecule has 104 valence electrons. The minimum absolute atomic E-state index is 0.214. The molecule has 0 amide bonds. The monoisotopic (exact) mass is 260 g/mol. The minimum Gasteiger partial charge on any atom is -0.497 e. The van der Waals surface area contributed by atoms with E-state index in [-0.39, 0.29) is 5.54 Å². The number of nitrogens with one attached hydrogen (secondary N) is 1. The van der Waals surface area contributed by atoms with E-state index in [2.05, 4.69) is 35.3 Å². The van der Waals surface area contributed by atoms with Crippen molar-refractivity contribution < 1.29 is 4.74 Å².